The lowest BCUT2D eigenvalue weighted by molar-refractivity contribution is -0.119. The van der Waals surface area contributed by atoms with Crippen LogP contribution in [0.25, 0.3) is 0 Å². The highest BCUT2D eigenvalue weighted by Crippen LogP contribution is 1.99. The summed E-state index contributed by atoms with van der Waals surface area (Å²) in [5, 5.41) is 6.55. The maximum Gasteiger partial charge on any atom is 0.307 e. The highest BCUT2D eigenvalue weighted by Gasteiger charge is 2.07. The molecule has 0 unspecified atom stereocenters. The first-order valence-corrected chi connectivity index (χ1v) is 5.77. The van der Waals surface area contributed by atoms with Gasteiger partial charge in [0.2, 0.25) is 5.91 Å². The van der Waals surface area contributed by atoms with E-state index in [1.54, 1.807) is 13.0 Å². The summed E-state index contributed by atoms with van der Waals surface area (Å²) in [5.41, 5.74) is 2.85. The molecule has 0 aliphatic rings. The van der Waals surface area contributed by atoms with E-state index in [9.17, 15) is 9.59 Å². The van der Waals surface area contributed by atoms with E-state index >= 15 is 0 Å². The van der Waals surface area contributed by atoms with E-state index in [0.717, 1.165) is 6.42 Å². The Kier molecular flexibility index (Phi) is 5.63. The summed E-state index contributed by atoms with van der Waals surface area (Å²) in [6.07, 6.45) is 2.46. The predicted molar refractivity (Wildman–Crippen MR) is 67.2 cm³/mol. The van der Waals surface area contributed by atoms with E-state index in [1.807, 2.05) is 6.92 Å². The zero-order valence-corrected chi connectivity index (χ0v) is 10.5. The SMILES string of the molecule is CCCNC(=O)CC(C)=NNC(=O)c1ccco1. The minimum absolute atomic E-state index is 0.106. The molecule has 0 saturated heterocycles. The van der Waals surface area contributed by atoms with E-state index in [-0.39, 0.29) is 18.1 Å². The molecule has 6 heteroatoms. The highest BCUT2D eigenvalue weighted by atomic mass is 16.3. The molecule has 1 aromatic heterocycles. The van der Waals surface area contributed by atoms with Gasteiger partial charge in [-0.1, -0.05) is 6.92 Å². The van der Waals surface area contributed by atoms with Crippen molar-refractivity contribution in [2.75, 3.05) is 6.54 Å². The number of hydrogen-bond acceptors (Lipinski definition) is 4. The van der Waals surface area contributed by atoms with Gasteiger partial charge in [-0.3, -0.25) is 9.59 Å². The first-order chi connectivity index (χ1) is 8.63. The van der Waals surface area contributed by atoms with E-state index in [0.29, 0.717) is 12.3 Å². The molecule has 0 atom stereocenters. The number of nitrogens with zero attached hydrogens (tertiary/aromatic N) is 1. The number of rotatable bonds is 6. The second-order valence-electron chi connectivity index (χ2n) is 3.79. The lowest BCUT2D eigenvalue weighted by atomic mass is 10.3. The summed E-state index contributed by atoms with van der Waals surface area (Å²) < 4.78 is 4.90. The molecular formula is C12H17N3O3. The molecule has 18 heavy (non-hydrogen) atoms. The molecule has 2 amide bonds. The largest absolute Gasteiger partial charge is 0.459 e. The van der Waals surface area contributed by atoms with Gasteiger partial charge in [0.15, 0.2) is 5.76 Å². The summed E-state index contributed by atoms with van der Waals surface area (Å²) >= 11 is 0. The molecule has 0 aliphatic heterocycles. The van der Waals surface area contributed by atoms with Crippen molar-refractivity contribution in [1.82, 2.24) is 10.7 Å². The lowest BCUT2D eigenvalue weighted by Gasteiger charge is -2.03. The Morgan fingerprint density at radius 3 is 2.83 bits per heavy atom. The number of amides is 2. The van der Waals surface area contributed by atoms with Crippen molar-refractivity contribution in [1.29, 1.82) is 0 Å². The first-order valence-electron chi connectivity index (χ1n) is 5.77. The third kappa shape index (κ3) is 4.82. The molecule has 98 valence electrons. The summed E-state index contributed by atoms with van der Waals surface area (Å²) in [5.74, 6) is -0.361. The maximum atomic E-state index is 11.5. The average Bonchev–Trinajstić information content (AvgIpc) is 2.87. The molecule has 0 radical (unpaired) electrons. The van der Waals surface area contributed by atoms with Crippen LogP contribution in [0.1, 0.15) is 37.2 Å². The quantitative estimate of drug-likeness (QED) is 0.590. The van der Waals surface area contributed by atoms with Crippen molar-refractivity contribution in [3.63, 3.8) is 0 Å². The maximum absolute atomic E-state index is 11.5. The molecule has 0 spiro atoms. The van der Waals surface area contributed by atoms with E-state index in [4.69, 9.17) is 4.42 Å². The molecule has 6 nitrogen and oxygen atoms in total. The Morgan fingerprint density at radius 1 is 1.44 bits per heavy atom. The second-order valence-corrected chi connectivity index (χ2v) is 3.79. The van der Waals surface area contributed by atoms with Gasteiger partial charge in [-0.05, 0) is 25.5 Å². The zero-order chi connectivity index (χ0) is 13.4. The van der Waals surface area contributed by atoms with Crippen molar-refractivity contribution in [2.24, 2.45) is 5.10 Å². The summed E-state index contributed by atoms with van der Waals surface area (Å²) in [4.78, 5) is 22.8. The van der Waals surface area contributed by atoms with Crippen LogP contribution in [0, 0.1) is 0 Å². The van der Waals surface area contributed by atoms with Crippen LogP contribution in [-0.2, 0) is 4.79 Å². The van der Waals surface area contributed by atoms with Crippen molar-refractivity contribution in [3.05, 3.63) is 24.2 Å². The molecule has 0 bridgehead atoms. The third-order valence-electron chi connectivity index (χ3n) is 2.08. The minimum Gasteiger partial charge on any atom is -0.459 e. The van der Waals surface area contributed by atoms with Gasteiger partial charge in [0.1, 0.15) is 0 Å². The van der Waals surface area contributed by atoms with Gasteiger partial charge in [0.25, 0.3) is 0 Å². The smallest absolute Gasteiger partial charge is 0.307 e. The van der Waals surface area contributed by atoms with Gasteiger partial charge < -0.3 is 9.73 Å². The number of hydrazone groups is 1. The van der Waals surface area contributed by atoms with Crippen LogP contribution in [0.3, 0.4) is 0 Å². The van der Waals surface area contributed by atoms with E-state index < -0.39 is 5.91 Å². The zero-order valence-electron chi connectivity index (χ0n) is 10.5. The van der Waals surface area contributed by atoms with Crippen molar-refractivity contribution in [2.45, 2.75) is 26.7 Å². The van der Waals surface area contributed by atoms with Gasteiger partial charge in [-0.25, -0.2) is 5.43 Å². The molecule has 2 N–H and O–H groups in total. The van der Waals surface area contributed by atoms with Crippen molar-refractivity contribution < 1.29 is 14.0 Å². The Morgan fingerprint density at radius 2 is 2.22 bits per heavy atom. The van der Waals surface area contributed by atoms with Crippen LogP contribution in [0.5, 0.6) is 0 Å². The van der Waals surface area contributed by atoms with Gasteiger partial charge in [-0.2, -0.15) is 5.10 Å². The van der Waals surface area contributed by atoms with E-state index in [2.05, 4.69) is 15.8 Å². The topological polar surface area (TPSA) is 83.7 Å². The number of hydrogen-bond donors (Lipinski definition) is 2. The number of carbonyl (C=O) groups excluding carboxylic acids is 2. The molecule has 1 rings (SSSR count). The van der Waals surface area contributed by atoms with Gasteiger partial charge in [-0.15, -0.1) is 0 Å². The molecule has 0 fully saturated rings. The summed E-state index contributed by atoms with van der Waals surface area (Å²) in [6, 6.07) is 3.15. The van der Waals surface area contributed by atoms with Crippen LogP contribution >= 0.6 is 0 Å². The summed E-state index contributed by atoms with van der Waals surface area (Å²) in [7, 11) is 0. The normalized spacial score (nSPS) is 11.1. The number of furan rings is 1. The number of carbonyl (C=O) groups is 2. The number of nitrogens with one attached hydrogen (secondary N) is 2. The Balaban J connectivity index is 2.37. The summed E-state index contributed by atoms with van der Waals surface area (Å²) in [6.45, 7) is 4.30. The standard InChI is InChI=1S/C12H17N3O3/c1-3-6-13-11(16)8-9(2)14-15-12(17)10-5-4-7-18-10/h4-5,7H,3,6,8H2,1-2H3,(H,13,16)(H,15,17). The van der Waals surface area contributed by atoms with E-state index in [1.165, 1.54) is 12.3 Å². The molecule has 0 saturated carbocycles. The molecule has 0 aliphatic carbocycles. The lowest BCUT2D eigenvalue weighted by Crippen LogP contribution is -2.27. The van der Waals surface area contributed by atoms with Gasteiger partial charge in [0.05, 0.1) is 12.7 Å². The van der Waals surface area contributed by atoms with Crippen LogP contribution in [0.4, 0.5) is 0 Å². The Labute approximate surface area is 105 Å². The Bertz CT molecular complexity index is 424. The molecule has 1 aromatic rings. The fourth-order valence-corrected chi connectivity index (χ4v) is 1.21. The molecular weight excluding hydrogens is 234 g/mol. The van der Waals surface area contributed by atoms with Crippen LogP contribution in [-0.4, -0.2) is 24.1 Å². The Hall–Kier alpha value is -2.11. The predicted octanol–water partition coefficient (Wildman–Crippen LogP) is 1.30. The highest BCUT2D eigenvalue weighted by molar-refractivity contribution is 6.00. The van der Waals surface area contributed by atoms with Crippen LogP contribution < -0.4 is 10.7 Å². The first kappa shape index (κ1) is 14.0. The van der Waals surface area contributed by atoms with Crippen molar-refractivity contribution >= 4 is 17.5 Å². The molecule has 1 heterocycles. The minimum atomic E-state index is -0.437. The fraction of sp³-hybridized carbons (Fsp3) is 0.417. The average molecular weight is 251 g/mol. The fourth-order valence-electron chi connectivity index (χ4n) is 1.21. The van der Waals surface area contributed by atoms with Crippen LogP contribution in [0.15, 0.2) is 27.9 Å². The van der Waals surface area contributed by atoms with Crippen LogP contribution in [0.2, 0.25) is 0 Å². The second kappa shape index (κ2) is 7.26. The third-order valence-corrected chi connectivity index (χ3v) is 2.08. The monoisotopic (exact) mass is 251 g/mol. The van der Waals surface area contributed by atoms with Gasteiger partial charge in [0, 0.05) is 12.3 Å². The van der Waals surface area contributed by atoms with Gasteiger partial charge >= 0.3 is 5.91 Å². The molecule has 0 aromatic carbocycles. The van der Waals surface area contributed by atoms with Crippen molar-refractivity contribution in [3.8, 4) is 0 Å².